The van der Waals surface area contributed by atoms with Gasteiger partial charge in [-0.3, -0.25) is 4.79 Å². The van der Waals surface area contributed by atoms with Crippen LogP contribution < -0.4 is 5.32 Å². The molecular weight excluding hydrogens is 242 g/mol. The Labute approximate surface area is 115 Å². The van der Waals surface area contributed by atoms with Crippen LogP contribution in [0.4, 0.5) is 0 Å². The summed E-state index contributed by atoms with van der Waals surface area (Å²) in [6.07, 6.45) is 6.13. The van der Waals surface area contributed by atoms with Gasteiger partial charge in [-0.15, -0.1) is 12.6 Å². The summed E-state index contributed by atoms with van der Waals surface area (Å²) in [6.45, 7) is 2.24. The van der Waals surface area contributed by atoms with Gasteiger partial charge >= 0.3 is 0 Å². The maximum absolute atomic E-state index is 12.2. The lowest BCUT2D eigenvalue weighted by atomic mass is 9.96. The molecule has 2 unspecified atom stereocenters. The van der Waals surface area contributed by atoms with E-state index in [0.717, 1.165) is 11.3 Å². The number of nitrogens with one attached hydrogen (secondary N) is 1. The van der Waals surface area contributed by atoms with Crippen LogP contribution >= 0.6 is 12.6 Å². The Kier molecular flexibility index (Phi) is 4.70. The fourth-order valence-corrected chi connectivity index (χ4v) is 2.83. The average molecular weight is 263 g/mol. The van der Waals surface area contributed by atoms with Crippen LogP contribution in [-0.4, -0.2) is 11.9 Å². The Balaban J connectivity index is 2.01. The minimum Gasteiger partial charge on any atom is -0.349 e. The van der Waals surface area contributed by atoms with Gasteiger partial charge in [0.25, 0.3) is 5.91 Å². The molecular formula is C15H21NOS. The summed E-state index contributed by atoms with van der Waals surface area (Å²) in [6, 6.07) is 7.74. The Morgan fingerprint density at radius 3 is 2.83 bits per heavy atom. The molecule has 3 heteroatoms. The lowest BCUT2D eigenvalue weighted by molar-refractivity contribution is 0.0921. The third-order valence-corrected chi connectivity index (χ3v) is 4.06. The molecule has 2 nitrogen and oxygen atoms in total. The van der Waals surface area contributed by atoms with E-state index >= 15 is 0 Å². The molecule has 0 radical (unpaired) electrons. The van der Waals surface area contributed by atoms with Gasteiger partial charge in [0.2, 0.25) is 0 Å². The van der Waals surface area contributed by atoms with E-state index in [-0.39, 0.29) is 5.91 Å². The highest BCUT2D eigenvalue weighted by atomic mass is 32.1. The second kappa shape index (κ2) is 6.28. The van der Waals surface area contributed by atoms with E-state index in [9.17, 15) is 4.79 Å². The molecule has 1 amide bonds. The molecule has 0 saturated heterocycles. The van der Waals surface area contributed by atoms with Crippen LogP contribution in [0.1, 0.15) is 49.4 Å². The van der Waals surface area contributed by atoms with Gasteiger partial charge in [-0.2, -0.15) is 0 Å². The van der Waals surface area contributed by atoms with Crippen LogP contribution in [-0.2, 0) is 0 Å². The first-order chi connectivity index (χ1) is 8.66. The average Bonchev–Trinajstić information content (AvgIpc) is 2.55. The predicted octanol–water partition coefficient (Wildman–Crippen LogP) is 3.67. The highest BCUT2D eigenvalue weighted by Gasteiger charge is 2.21. The number of hydrogen-bond donors (Lipinski definition) is 2. The first kappa shape index (κ1) is 13.5. The molecule has 1 N–H and O–H groups in total. The van der Waals surface area contributed by atoms with Crippen molar-refractivity contribution in [3.63, 3.8) is 0 Å². The molecule has 1 aromatic rings. The summed E-state index contributed by atoms with van der Waals surface area (Å²) < 4.78 is 0. The Bertz CT molecular complexity index is 419. The summed E-state index contributed by atoms with van der Waals surface area (Å²) in [5.41, 5.74) is 0.707. The summed E-state index contributed by atoms with van der Waals surface area (Å²) in [4.78, 5) is 13.0. The fourth-order valence-electron chi connectivity index (χ4n) is 2.61. The number of carbonyl (C=O) groups is 1. The van der Waals surface area contributed by atoms with Crippen LogP contribution in [0.5, 0.6) is 0 Å². The van der Waals surface area contributed by atoms with Crippen LogP contribution in [0.3, 0.4) is 0 Å². The highest BCUT2D eigenvalue weighted by molar-refractivity contribution is 7.80. The van der Waals surface area contributed by atoms with Gasteiger partial charge in [0, 0.05) is 16.5 Å². The first-order valence-electron chi connectivity index (χ1n) is 6.76. The summed E-state index contributed by atoms with van der Waals surface area (Å²) in [5.74, 6) is 0.611. The van der Waals surface area contributed by atoms with Crippen molar-refractivity contribution in [2.24, 2.45) is 5.92 Å². The van der Waals surface area contributed by atoms with Crippen molar-refractivity contribution in [2.45, 2.75) is 50.0 Å². The Morgan fingerprint density at radius 2 is 2.06 bits per heavy atom. The van der Waals surface area contributed by atoms with Gasteiger partial charge in [0.15, 0.2) is 0 Å². The number of amides is 1. The van der Waals surface area contributed by atoms with Crippen molar-refractivity contribution >= 4 is 18.5 Å². The molecule has 1 fully saturated rings. The lowest BCUT2D eigenvalue weighted by Gasteiger charge is -2.22. The van der Waals surface area contributed by atoms with Gasteiger partial charge in [-0.25, -0.2) is 0 Å². The molecule has 1 aromatic carbocycles. The van der Waals surface area contributed by atoms with Crippen molar-refractivity contribution in [2.75, 3.05) is 0 Å². The third kappa shape index (κ3) is 3.52. The van der Waals surface area contributed by atoms with Crippen LogP contribution in [0.2, 0.25) is 0 Å². The number of carbonyl (C=O) groups excluding carboxylic acids is 1. The van der Waals surface area contributed by atoms with E-state index in [1.807, 2.05) is 24.3 Å². The predicted molar refractivity (Wildman–Crippen MR) is 77.2 cm³/mol. The molecule has 0 aromatic heterocycles. The van der Waals surface area contributed by atoms with Gasteiger partial charge in [-0.05, 0) is 37.0 Å². The van der Waals surface area contributed by atoms with Crippen molar-refractivity contribution in [1.29, 1.82) is 0 Å². The van der Waals surface area contributed by atoms with Crippen molar-refractivity contribution < 1.29 is 4.79 Å². The molecule has 0 spiro atoms. The normalized spacial score (nSPS) is 24.3. The molecule has 1 aliphatic carbocycles. The minimum absolute atomic E-state index is 0.0321. The molecule has 2 atom stereocenters. The van der Waals surface area contributed by atoms with E-state index < -0.39 is 0 Å². The zero-order valence-electron chi connectivity index (χ0n) is 10.9. The monoisotopic (exact) mass is 263 g/mol. The summed E-state index contributed by atoms with van der Waals surface area (Å²) >= 11 is 4.27. The Morgan fingerprint density at radius 1 is 1.28 bits per heavy atom. The van der Waals surface area contributed by atoms with Crippen LogP contribution in [0, 0.1) is 5.92 Å². The number of hydrogen-bond acceptors (Lipinski definition) is 2. The molecule has 0 bridgehead atoms. The summed E-state index contributed by atoms with van der Waals surface area (Å²) in [5, 5.41) is 3.18. The van der Waals surface area contributed by atoms with E-state index in [2.05, 4.69) is 24.9 Å². The van der Waals surface area contributed by atoms with E-state index in [1.54, 1.807) is 0 Å². The molecule has 0 aliphatic heterocycles. The number of benzene rings is 1. The molecule has 98 valence electrons. The maximum Gasteiger partial charge on any atom is 0.251 e. The maximum atomic E-state index is 12.2. The Hall–Kier alpha value is -0.960. The number of thiol groups is 1. The smallest absolute Gasteiger partial charge is 0.251 e. The van der Waals surface area contributed by atoms with Gasteiger partial charge in [-0.1, -0.05) is 32.3 Å². The topological polar surface area (TPSA) is 29.1 Å². The summed E-state index contributed by atoms with van der Waals surface area (Å²) in [7, 11) is 0. The van der Waals surface area contributed by atoms with Gasteiger partial charge < -0.3 is 5.32 Å². The molecule has 1 aliphatic rings. The fraction of sp³-hybridized carbons (Fsp3) is 0.533. The molecule has 18 heavy (non-hydrogen) atoms. The van der Waals surface area contributed by atoms with Crippen molar-refractivity contribution in [1.82, 2.24) is 5.32 Å². The number of rotatable bonds is 2. The standard InChI is InChI=1S/C15H21NOS/c1-11-6-3-2-4-9-14(11)16-15(17)12-7-5-8-13(18)10-12/h5,7-8,10-11,14,18H,2-4,6,9H2,1H3,(H,16,17). The minimum atomic E-state index is 0.0321. The van der Waals surface area contributed by atoms with Crippen molar-refractivity contribution in [3.05, 3.63) is 29.8 Å². The lowest BCUT2D eigenvalue weighted by Crippen LogP contribution is -2.38. The molecule has 2 rings (SSSR count). The second-order valence-corrected chi connectivity index (χ2v) is 5.76. The van der Waals surface area contributed by atoms with Crippen molar-refractivity contribution in [3.8, 4) is 0 Å². The highest BCUT2D eigenvalue weighted by Crippen LogP contribution is 2.23. The quantitative estimate of drug-likeness (QED) is 0.618. The third-order valence-electron chi connectivity index (χ3n) is 3.79. The van der Waals surface area contributed by atoms with Crippen LogP contribution in [0.15, 0.2) is 29.2 Å². The first-order valence-corrected chi connectivity index (χ1v) is 7.21. The van der Waals surface area contributed by atoms with E-state index in [4.69, 9.17) is 0 Å². The zero-order chi connectivity index (χ0) is 13.0. The molecule has 0 heterocycles. The van der Waals surface area contributed by atoms with E-state index in [1.165, 1.54) is 25.7 Å². The second-order valence-electron chi connectivity index (χ2n) is 5.25. The van der Waals surface area contributed by atoms with Gasteiger partial charge in [0.05, 0.1) is 0 Å². The van der Waals surface area contributed by atoms with Crippen LogP contribution in [0.25, 0.3) is 0 Å². The largest absolute Gasteiger partial charge is 0.349 e. The SMILES string of the molecule is CC1CCCCCC1NC(=O)c1cccc(S)c1. The van der Waals surface area contributed by atoms with E-state index in [0.29, 0.717) is 17.5 Å². The molecule has 1 saturated carbocycles. The van der Waals surface area contributed by atoms with Gasteiger partial charge in [0.1, 0.15) is 0 Å². The zero-order valence-corrected chi connectivity index (χ0v) is 11.7.